The fourth-order valence-corrected chi connectivity index (χ4v) is 3.77. The highest BCUT2D eigenvalue weighted by Gasteiger charge is 2.30. The molecule has 1 unspecified atom stereocenters. The van der Waals surface area contributed by atoms with Gasteiger partial charge in [0.15, 0.2) is 0 Å². The van der Waals surface area contributed by atoms with Crippen LogP contribution < -0.4 is 0 Å². The molecule has 5 heteroatoms. The number of aromatic nitrogens is 1. The van der Waals surface area contributed by atoms with Crippen LogP contribution in [0.3, 0.4) is 0 Å². The van der Waals surface area contributed by atoms with Gasteiger partial charge in [0.2, 0.25) is 5.91 Å². The Kier molecular flexibility index (Phi) is 6.58. The van der Waals surface area contributed by atoms with Crippen LogP contribution >= 0.6 is 0 Å². The van der Waals surface area contributed by atoms with E-state index in [9.17, 15) is 4.79 Å². The van der Waals surface area contributed by atoms with Crippen LogP contribution in [-0.2, 0) is 11.3 Å². The smallest absolute Gasteiger partial charge is 0.244 e. The highest BCUT2D eigenvalue weighted by molar-refractivity contribution is 5.83. The molecule has 27 heavy (non-hydrogen) atoms. The number of carbonyl (C=O) groups is 1. The van der Waals surface area contributed by atoms with Gasteiger partial charge in [0.1, 0.15) is 6.04 Å². The van der Waals surface area contributed by atoms with Gasteiger partial charge in [-0.3, -0.25) is 19.6 Å². The molecule has 0 bridgehead atoms. The average molecular weight is 367 g/mol. The number of nitrogens with zero attached hydrogens (tertiary/aromatic N) is 4. The van der Waals surface area contributed by atoms with E-state index < -0.39 is 0 Å². The lowest BCUT2D eigenvalue weighted by molar-refractivity contribution is -0.136. The van der Waals surface area contributed by atoms with Crippen molar-refractivity contribution in [2.75, 3.05) is 40.3 Å². The molecule has 0 aliphatic carbocycles. The van der Waals surface area contributed by atoms with Gasteiger partial charge in [-0.25, -0.2) is 0 Å². The summed E-state index contributed by atoms with van der Waals surface area (Å²) in [4.78, 5) is 24.3. The summed E-state index contributed by atoms with van der Waals surface area (Å²) in [6, 6.07) is 14.0. The lowest BCUT2D eigenvalue weighted by Gasteiger charge is -2.31. The van der Waals surface area contributed by atoms with Gasteiger partial charge in [0.25, 0.3) is 0 Å². The van der Waals surface area contributed by atoms with Crippen LogP contribution in [0.5, 0.6) is 0 Å². The molecule has 1 aromatic carbocycles. The normalized spacial score (nSPS) is 17.0. The number of pyridine rings is 1. The molecule has 1 amide bonds. The maximum Gasteiger partial charge on any atom is 0.244 e. The van der Waals surface area contributed by atoms with Gasteiger partial charge >= 0.3 is 0 Å². The second-order valence-electron chi connectivity index (χ2n) is 7.50. The zero-order valence-corrected chi connectivity index (χ0v) is 16.6. The second kappa shape index (κ2) is 9.11. The molecule has 2 heterocycles. The van der Waals surface area contributed by atoms with E-state index in [-0.39, 0.29) is 11.9 Å². The zero-order chi connectivity index (χ0) is 19.2. The SMILES string of the molecule is Cc1ccccc1C(C(=O)N1CCCN(Cc2ccccn2)CC1)N(C)C. The molecule has 5 nitrogen and oxygen atoms in total. The van der Waals surface area contributed by atoms with Crippen LogP contribution in [0.25, 0.3) is 0 Å². The topological polar surface area (TPSA) is 39.7 Å². The second-order valence-corrected chi connectivity index (χ2v) is 7.50. The maximum atomic E-state index is 13.4. The number of hydrogen-bond donors (Lipinski definition) is 0. The number of carbonyl (C=O) groups excluding carboxylic acids is 1. The fourth-order valence-electron chi connectivity index (χ4n) is 3.77. The van der Waals surface area contributed by atoms with E-state index in [4.69, 9.17) is 0 Å². The number of amides is 1. The van der Waals surface area contributed by atoms with Crippen LogP contribution in [0.15, 0.2) is 48.7 Å². The molecular formula is C22H30N4O. The molecular weight excluding hydrogens is 336 g/mol. The summed E-state index contributed by atoms with van der Waals surface area (Å²) in [6.07, 6.45) is 2.83. The molecule has 0 saturated carbocycles. The van der Waals surface area contributed by atoms with Crippen molar-refractivity contribution in [1.29, 1.82) is 0 Å². The highest BCUT2D eigenvalue weighted by atomic mass is 16.2. The summed E-state index contributed by atoms with van der Waals surface area (Å²) in [5, 5.41) is 0. The number of hydrogen-bond acceptors (Lipinski definition) is 4. The van der Waals surface area contributed by atoms with Crippen molar-refractivity contribution in [3.05, 3.63) is 65.5 Å². The van der Waals surface area contributed by atoms with Crippen molar-refractivity contribution < 1.29 is 4.79 Å². The fraction of sp³-hybridized carbons (Fsp3) is 0.455. The molecule has 3 rings (SSSR count). The monoisotopic (exact) mass is 366 g/mol. The third-order valence-corrected chi connectivity index (χ3v) is 5.25. The Morgan fingerprint density at radius 1 is 1.07 bits per heavy atom. The Labute approximate surface area is 162 Å². The summed E-state index contributed by atoms with van der Waals surface area (Å²) in [5.74, 6) is 0.203. The van der Waals surface area contributed by atoms with Gasteiger partial charge in [-0.05, 0) is 50.7 Å². The first-order valence-corrected chi connectivity index (χ1v) is 9.69. The molecule has 1 aliphatic heterocycles. The van der Waals surface area contributed by atoms with Crippen LogP contribution in [0.4, 0.5) is 0 Å². The molecule has 0 N–H and O–H groups in total. The van der Waals surface area contributed by atoms with Crippen molar-refractivity contribution in [3.8, 4) is 0 Å². The van der Waals surface area contributed by atoms with E-state index in [1.54, 1.807) is 0 Å². The van der Waals surface area contributed by atoms with Crippen LogP contribution in [0.2, 0.25) is 0 Å². The number of likely N-dealkylation sites (N-methyl/N-ethyl adjacent to an activating group) is 1. The van der Waals surface area contributed by atoms with Crippen molar-refractivity contribution in [2.24, 2.45) is 0 Å². The van der Waals surface area contributed by atoms with Crippen molar-refractivity contribution in [2.45, 2.75) is 25.9 Å². The van der Waals surface area contributed by atoms with Crippen LogP contribution in [0, 0.1) is 6.92 Å². The maximum absolute atomic E-state index is 13.4. The third kappa shape index (κ3) is 4.93. The Hall–Kier alpha value is -2.24. The quantitative estimate of drug-likeness (QED) is 0.816. The minimum absolute atomic E-state index is 0.203. The summed E-state index contributed by atoms with van der Waals surface area (Å²) >= 11 is 0. The first-order valence-electron chi connectivity index (χ1n) is 9.69. The van der Waals surface area contributed by atoms with Gasteiger partial charge in [-0.1, -0.05) is 30.3 Å². The number of rotatable bonds is 5. The molecule has 1 atom stereocenters. The van der Waals surface area contributed by atoms with E-state index >= 15 is 0 Å². The van der Waals surface area contributed by atoms with E-state index in [0.717, 1.165) is 56.0 Å². The van der Waals surface area contributed by atoms with Crippen LogP contribution in [-0.4, -0.2) is 65.9 Å². The zero-order valence-electron chi connectivity index (χ0n) is 16.6. The third-order valence-electron chi connectivity index (χ3n) is 5.25. The molecule has 1 fully saturated rings. The molecule has 1 aromatic heterocycles. The average Bonchev–Trinajstić information content (AvgIpc) is 2.90. The molecule has 0 radical (unpaired) electrons. The standard InChI is InChI=1S/C22H30N4O/c1-18-9-4-5-11-20(18)21(24(2)3)22(27)26-14-8-13-25(15-16-26)17-19-10-6-7-12-23-19/h4-7,9-12,21H,8,13-17H2,1-3H3. The van der Waals surface area contributed by atoms with Gasteiger partial charge in [0, 0.05) is 38.9 Å². The van der Waals surface area contributed by atoms with Crippen LogP contribution in [0.1, 0.15) is 29.3 Å². The van der Waals surface area contributed by atoms with Gasteiger partial charge in [-0.15, -0.1) is 0 Å². The van der Waals surface area contributed by atoms with E-state index in [0.29, 0.717) is 0 Å². The van der Waals surface area contributed by atoms with Crippen molar-refractivity contribution >= 4 is 5.91 Å². The Morgan fingerprint density at radius 3 is 2.56 bits per heavy atom. The lowest BCUT2D eigenvalue weighted by Crippen LogP contribution is -2.42. The van der Waals surface area contributed by atoms with Gasteiger partial charge < -0.3 is 4.90 Å². The Morgan fingerprint density at radius 2 is 1.85 bits per heavy atom. The molecule has 1 saturated heterocycles. The van der Waals surface area contributed by atoms with Gasteiger partial charge in [0.05, 0.1) is 5.69 Å². The first kappa shape index (κ1) is 19.5. The predicted molar refractivity (Wildman–Crippen MR) is 108 cm³/mol. The van der Waals surface area contributed by atoms with E-state index in [1.807, 2.05) is 54.4 Å². The molecule has 2 aromatic rings. The first-order chi connectivity index (χ1) is 13.1. The summed E-state index contributed by atoms with van der Waals surface area (Å²) in [7, 11) is 3.97. The minimum atomic E-state index is -0.228. The largest absolute Gasteiger partial charge is 0.340 e. The van der Waals surface area contributed by atoms with E-state index in [2.05, 4.69) is 35.0 Å². The summed E-state index contributed by atoms with van der Waals surface area (Å²) in [6.45, 7) is 6.39. The summed E-state index contributed by atoms with van der Waals surface area (Å²) < 4.78 is 0. The molecule has 1 aliphatic rings. The highest BCUT2D eigenvalue weighted by Crippen LogP contribution is 2.24. The van der Waals surface area contributed by atoms with Crippen molar-refractivity contribution in [3.63, 3.8) is 0 Å². The molecule has 0 spiro atoms. The molecule has 144 valence electrons. The Bertz CT molecular complexity index is 747. The Balaban J connectivity index is 1.68. The minimum Gasteiger partial charge on any atom is -0.340 e. The van der Waals surface area contributed by atoms with Crippen molar-refractivity contribution in [1.82, 2.24) is 19.7 Å². The number of benzene rings is 1. The summed E-state index contributed by atoms with van der Waals surface area (Å²) in [5.41, 5.74) is 3.35. The number of aryl methyl sites for hydroxylation is 1. The van der Waals surface area contributed by atoms with E-state index in [1.165, 1.54) is 0 Å². The predicted octanol–water partition coefficient (Wildman–Crippen LogP) is 2.73. The van der Waals surface area contributed by atoms with Gasteiger partial charge in [-0.2, -0.15) is 0 Å². The lowest BCUT2D eigenvalue weighted by atomic mass is 9.99.